The molecule has 1 amide bonds. The first kappa shape index (κ1) is 15.2. The molecular formula is C13H22BrN3O. The predicted molar refractivity (Wildman–Crippen MR) is 77.3 cm³/mol. The Kier molecular flexibility index (Phi) is 5.85. The van der Waals surface area contributed by atoms with Crippen LogP contribution in [0.5, 0.6) is 0 Å². The highest BCUT2D eigenvalue weighted by Crippen LogP contribution is 2.15. The van der Waals surface area contributed by atoms with Crippen LogP contribution in [0.25, 0.3) is 0 Å². The first-order valence-electron chi connectivity index (χ1n) is 6.38. The van der Waals surface area contributed by atoms with E-state index in [0.717, 1.165) is 48.2 Å². The van der Waals surface area contributed by atoms with Crippen molar-refractivity contribution in [1.82, 2.24) is 14.7 Å². The molecule has 102 valence electrons. The van der Waals surface area contributed by atoms with E-state index in [1.54, 1.807) is 4.68 Å². The number of aromatic nitrogens is 2. The van der Waals surface area contributed by atoms with Gasteiger partial charge in [-0.25, -0.2) is 0 Å². The van der Waals surface area contributed by atoms with E-state index >= 15 is 0 Å². The van der Waals surface area contributed by atoms with E-state index in [-0.39, 0.29) is 5.91 Å². The van der Waals surface area contributed by atoms with Crippen LogP contribution in [0.4, 0.5) is 0 Å². The summed E-state index contributed by atoms with van der Waals surface area (Å²) in [6, 6.07) is 0. The molecule has 1 aromatic heterocycles. The van der Waals surface area contributed by atoms with Gasteiger partial charge in [0.2, 0.25) is 0 Å². The molecule has 18 heavy (non-hydrogen) atoms. The first-order chi connectivity index (χ1) is 8.52. The Balaban J connectivity index is 2.94. The summed E-state index contributed by atoms with van der Waals surface area (Å²) in [5.41, 5.74) is 2.51. The molecule has 0 bridgehead atoms. The Morgan fingerprint density at radius 1 is 1.39 bits per heavy atom. The third-order valence-corrected chi connectivity index (χ3v) is 3.50. The lowest BCUT2D eigenvalue weighted by molar-refractivity contribution is 0.0762. The Labute approximate surface area is 117 Å². The van der Waals surface area contributed by atoms with Gasteiger partial charge in [-0.05, 0) is 20.3 Å². The zero-order valence-electron chi connectivity index (χ0n) is 11.7. The minimum Gasteiger partial charge on any atom is -0.338 e. The number of aryl methyl sites for hydroxylation is 2. The molecular weight excluding hydrogens is 294 g/mol. The van der Waals surface area contributed by atoms with E-state index < -0.39 is 0 Å². The summed E-state index contributed by atoms with van der Waals surface area (Å²) in [5, 5.41) is 5.12. The quantitative estimate of drug-likeness (QED) is 0.757. The molecule has 0 unspecified atom stereocenters. The predicted octanol–water partition coefficient (Wildman–Crippen LogP) is 2.67. The molecule has 0 saturated carbocycles. The van der Waals surface area contributed by atoms with Crippen molar-refractivity contribution >= 4 is 21.8 Å². The van der Waals surface area contributed by atoms with Crippen molar-refractivity contribution in [2.24, 2.45) is 7.05 Å². The van der Waals surface area contributed by atoms with Gasteiger partial charge in [-0.15, -0.1) is 0 Å². The highest BCUT2D eigenvalue weighted by atomic mass is 79.9. The normalized spacial score (nSPS) is 10.7. The summed E-state index contributed by atoms with van der Waals surface area (Å²) in [6.45, 7) is 7.53. The van der Waals surface area contributed by atoms with E-state index in [9.17, 15) is 4.79 Å². The van der Waals surface area contributed by atoms with Crippen LogP contribution in [0.3, 0.4) is 0 Å². The molecule has 0 radical (unpaired) electrons. The lowest BCUT2D eigenvalue weighted by atomic mass is 10.1. The third-order valence-electron chi connectivity index (χ3n) is 3.15. The van der Waals surface area contributed by atoms with Crippen molar-refractivity contribution in [2.75, 3.05) is 18.4 Å². The molecule has 4 nitrogen and oxygen atoms in total. The van der Waals surface area contributed by atoms with E-state index in [1.807, 2.05) is 25.8 Å². The summed E-state index contributed by atoms with van der Waals surface area (Å²) < 4.78 is 1.77. The fraction of sp³-hybridized carbons (Fsp3) is 0.692. The highest BCUT2D eigenvalue weighted by molar-refractivity contribution is 9.09. The van der Waals surface area contributed by atoms with Gasteiger partial charge < -0.3 is 4.90 Å². The van der Waals surface area contributed by atoms with Crippen molar-refractivity contribution in [2.45, 2.75) is 33.6 Å². The van der Waals surface area contributed by atoms with Crippen LogP contribution in [-0.2, 0) is 7.05 Å². The number of carbonyl (C=O) groups excluding carboxylic acids is 1. The highest BCUT2D eigenvalue weighted by Gasteiger charge is 2.22. The Morgan fingerprint density at radius 2 is 2.06 bits per heavy atom. The molecule has 1 aromatic rings. The van der Waals surface area contributed by atoms with Gasteiger partial charge in [0.05, 0.1) is 11.3 Å². The van der Waals surface area contributed by atoms with Crippen LogP contribution in [0.15, 0.2) is 0 Å². The van der Waals surface area contributed by atoms with Crippen LogP contribution >= 0.6 is 15.9 Å². The molecule has 0 aromatic carbocycles. The lowest BCUT2D eigenvalue weighted by Crippen LogP contribution is -2.34. The molecule has 0 fully saturated rings. The number of hydrogen-bond donors (Lipinski definition) is 0. The molecule has 0 aliphatic rings. The van der Waals surface area contributed by atoms with Gasteiger partial charge in [-0.1, -0.05) is 29.3 Å². The van der Waals surface area contributed by atoms with E-state index in [1.165, 1.54) is 0 Å². The Bertz CT molecular complexity index is 415. The van der Waals surface area contributed by atoms with Crippen molar-refractivity contribution in [3.05, 3.63) is 17.0 Å². The number of unbranched alkanes of at least 4 members (excludes halogenated alkanes) is 1. The maximum atomic E-state index is 12.5. The molecule has 0 spiro atoms. The van der Waals surface area contributed by atoms with Crippen LogP contribution in [0.2, 0.25) is 0 Å². The van der Waals surface area contributed by atoms with Gasteiger partial charge in [0.1, 0.15) is 0 Å². The summed E-state index contributed by atoms with van der Waals surface area (Å²) in [6.07, 6.45) is 2.13. The number of alkyl halides is 1. The molecule has 0 aliphatic carbocycles. The second-order valence-corrected chi connectivity index (χ2v) is 5.30. The number of amides is 1. The molecule has 0 saturated heterocycles. The number of rotatable bonds is 6. The zero-order chi connectivity index (χ0) is 13.7. The van der Waals surface area contributed by atoms with Gasteiger partial charge in [0, 0.05) is 31.2 Å². The summed E-state index contributed by atoms with van der Waals surface area (Å²) in [5.74, 6) is 0.103. The summed E-state index contributed by atoms with van der Waals surface area (Å²) >= 11 is 3.41. The van der Waals surface area contributed by atoms with E-state index in [0.29, 0.717) is 0 Å². The van der Waals surface area contributed by atoms with Gasteiger partial charge in [0.25, 0.3) is 5.91 Å². The largest absolute Gasteiger partial charge is 0.338 e. The Morgan fingerprint density at radius 3 is 2.50 bits per heavy atom. The van der Waals surface area contributed by atoms with Gasteiger partial charge in [-0.3, -0.25) is 9.48 Å². The molecule has 1 rings (SSSR count). The third kappa shape index (κ3) is 3.34. The minimum absolute atomic E-state index is 0.103. The molecule has 0 atom stereocenters. The lowest BCUT2D eigenvalue weighted by Gasteiger charge is -2.21. The van der Waals surface area contributed by atoms with Gasteiger partial charge in [0.15, 0.2) is 0 Å². The minimum atomic E-state index is 0.103. The standard InChI is InChI=1S/C13H22BrN3O/c1-5-6-8-17(9-7-14)13(18)12-10(2)15-16(4)11(12)3/h5-9H2,1-4H3. The van der Waals surface area contributed by atoms with Gasteiger partial charge in [-0.2, -0.15) is 5.10 Å². The van der Waals surface area contributed by atoms with Crippen LogP contribution < -0.4 is 0 Å². The average Bonchev–Trinajstić information content (AvgIpc) is 2.58. The topological polar surface area (TPSA) is 38.1 Å². The van der Waals surface area contributed by atoms with Crippen molar-refractivity contribution in [3.63, 3.8) is 0 Å². The SMILES string of the molecule is CCCCN(CCBr)C(=O)c1c(C)nn(C)c1C. The fourth-order valence-electron chi connectivity index (χ4n) is 2.01. The van der Waals surface area contributed by atoms with Crippen molar-refractivity contribution in [3.8, 4) is 0 Å². The van der Waals surface area contributed by atoms with Crippen molar-refractivity contribution < 1.29 is 4.79 Å². The van der Waals surface area contributed by atoms with Crippen LogP contribution in [0.1, 0.15) is 41.5 Å². The maximum absolute atomic E-state index is 12.5. The smallest absolute Gasteiger partial charge is 0.257 e. The zero-order valence-corrected chi connectivity index (χ0v) is 13.2. The van der Waals surface area contributed by atoms with Crippen molar-refractivity contribution in [1.29, 1.82) is 0 Å². The average molecular weight is 316 g/mol. The molecule has 5 heteroatoms. The first-order valence-corrected chi connectivity index (χ1v) is 7.50. The number of nitrogens with zero attached hydrogens (tertiary/aromatic N) is 3. The Hall–Kier alpha value is -0.840. The maximum Gasteiger partial charge on any atom is 0.257 e. The van der Waals surface area contributed by atoms with Crippen LogP contribution in [-0.4, -0.2) is 39.0 Å². The monoisotopic (exact) mass is 315 g/mol. The second-order valence-electron chi connectivity index (χ2n) is 4.50. The van der Waals surface area contributed by atoms with E-state index in [4.69, 9.17) is 0 Å². The molecule has 1 heterocycles. The molecule has 0 N–H and O–H groups in total. The molecule has 0 aliphatic heterocycles. The number of halogens is 1. The summed E-state index contributed by atoms with van der Waals surface area (Å²) in [4.78, 5) is 14.5. The van der Waals surface area contributed by atoms with Crippen LogP contribution in [0, 0.1) is 13.8 Å². The fourth-order valence-corrected chi connectivity index (χ4v) is 2.44. The summed E-state index contributed by atoms with van der Waals surface area (Å²) in [7, 11) is 1.87. The number of carbonyl (C=O) groups is 1. The van der Waals surface area contributed by atoms with E-state index in [2.05, 4.69) is 28.0 Å². The number of hydrogen-bond acceptors (Lipinski definition) is 2. The second kappa shape index (κ2) is 6.92. The van der Waals surface area contributed by atoms with Gasteiger partial charge >= 0.3 is 0 Å².